The molecule has 0 spiro atoms. The number of nitrogens with zero attached hydrogens (tertiary/aromatic N) is 2. The smallest absolute Gasteiger partial charge is 0.223 e. The minimum absolute atomic E-state index is 0.137. The van der Waals surface area contributed by atoms with Crippen LogP contribution in [0.15, 0.2) is 6.07 Å². The molecule has 0 bridgehead atoms. The molecular formula is C12H19ClN4O. The van der Waals surface area contributed by atoms with Crippen LogP contribution in [0, 0.1) is 0 Å². The lowest BCUT2D eigenvalue weighted by atomic mass is 9.94. The molecule has 100 valence electrons. The van der Waals surface area contributed by atoms with E-state index in [-0.39, 0.29) is 5.95 Å². The van der Waals surface area contributed by atoms with Crippen LogP contribution < -0.4 is 11.1 Å². The number of hydrogen-bond acceptors (Lipinski definition) is 5. The van der Waals surface area contributed by atoms with Crippen LogP contribution in [-0.2, 0) is 0 Å². The lowest BCUT2D eigenvalue weighted by Gasteiger charge is -2.27. The second-order valence-electron chi connectivity index (χ2n) is 4.93. The highest BCUT2D eigenvalue weighted by Crippen LogP contribution is 2.27. The van der Waals surface area contributed by atoms with Crippen molar-refractivity contribution >= 4 is 23.4 Å². The van der Waals surface area contributed by atoms with Gasteiger partial charge in [-0.3, -0.25) is 0 Å². The molecule has 18 heavy (non-hydrogen) atoms. The number of nitrogens with two attached hydrogens (primary N) is 1. The van der Waals surface area contributed by atoms with E-state index in [9.17, 15) is 5.11 Å². The van der Waals surface area contributed by atoms with Gasteiger partial charge in [-0.15, -0.1) is 0 Å². The van der Waals surface area contributed by atoms with Gasteiger partial charge in [-0.2, -0.15) is 4.98 Å². The highest BCUT2D eigenvalue weighted by Gasteiger charge is 2.27. The molecule has 0 amide bonds. The van der Waals surface area contributed by atoms with Gasteiger partial charge in [-0.1, -0.05) is 37.3 Å². The van der Waals surface area contributed by atoms with E-state index in [1.54, 1.807) is 6.07 Å². The standard InChI is InChI=1S/C12H19ClN4O/c13-9-7-10(17-11(14)16-9)15-8-12(18)5-3-1-2-4-6-12/h7,18H,1-6,8H2,(H3,14,15,16,17). The van der Waals surface area contributed by atoms with Crippen molar-refractivity contribution < 1.29 is 5.11 Å². The average Bonchev–Trinajstić information content (AvgIpc) is 2.51. The van der Waals surface area contributed by atoms with Gasteiger partial charge in [0.05, 0.1) is 5.60 Å². The lowest BCUT2D eigenvalue weighted by molar-refractivity contribution is 0.0380. The van der Waals surface area contributed by atoms with Crippen LogP contribution in [0.5, 0.6) is 0 Å². The molecule has 5 nitrogen and oxygen atoms in total. The first-order valence-corrected chi connectivity index (χ1v) is 6.72. The summed E-state index contributed by atoms with van der Waals surface area (Å²) in [6, 6.07) is 1.61. The maximum absolute atomic E-state index is 10.5. The SMILES string of the molecule is Nc1nc(Cl)cc(NCC2(O)CCCCCC2)n1. The predicted molar refractivity (Wildman–Crippen MR) is 72.6 cm³/mol. The Labute approximate surface area is 112 Å². The predicted octanol–water partition coefficient (Wildman–Crippen LogP) is 2.21. The molecule has 1 saturated carbocycles. The van der Waals surface area contributed by atoms with Crippen molar-refractivity contribution in [1.82, 2.24) is 9.97 Å². The number of rotatable bonds is 3. The Kier molecular flexibility index (Phi) is 4.24. The number of halogens is 1. The Bertz CT molecular complexity index is 385. The molecule has 1 aliphatic carbocycles. The minimum Gasteiger partial charge on any atom is -0.388 e. The van der Waals surface area contributed by atoms with Crippen molar-refractivity contribution in [2.45, 2.75) is 44.1 Å². The largest absolute Gasteiger partial charge is 0.388 e. The number of aliphatic hydroxyl groups is 1. The van der Waals surface area contributed by atoms with Gasteiger partial charge in [0.1, 0.15) is 11.0 Å². The summed E-state index contributed by atoms with van der Waals surface area (Å²) in [5.41, 5.74) is 4.87. The molecule has 0 saturated heterocycles. The zero-order valence-corrected chi connectivity index (χ0v) is 11.1. The molecule has 0 atom stereocenters. The topological polar surface area (TPSA) is 84.1 Å². The third kappa shape index (κ3) is 3.71. The number of aromatic nitrogens is 2. The Morgan fingerprint density at radius 2 is 1.94 bits per heavy atom. The molecule has 0 unspecified atom stereocenters. The molecule has 1 aromatic heterocycles. The normalized spacial score (nSPS) is 19.2. The highest BCUT2D eigenvalue weighted by molar-refractivity contribution is 6.29. The third-order valence-corrected chi connectivity index (χ3v) is 3.54. The molecule has 1 aromatic rings. The van der Waals surface area contributed by atoms with Gasteiger partial charge in [0.2, 0.25) is 5.95 Å². The molecule has 1 heterocycles. The maximum Gasteiger partial charge on any atom is 0.223 e. The summed E-state index contributed by atoms with van der Waals surface area (Å²) < 4.78 is 0. The van der Waals surface area contributed by atoms with Crippen LogP contribution in [-0.4, -0.2) is 27.2 Å². The first kappa shape index (κ1) is 13.4. The molecule has 1 fully saturated rings. The van der Waals surface area contributed by atoms with Crippen molar-refractivity contribution in [2.24, 2.45) is 0 Å². The van der Waals surface area contributed by atoms with E-state index in [1.165, 1.54) is 12.8 Å². The summed E-state index contributed by atoms with van der Waals surface area (Å²) >= 11 is 5.80. The molecule has 2 rings (SSSR count). The summed E-state index contributed by atoms with van der Waals surface area (Å²) in [6.07, 6.45) is 6.21. The van der Waals surface area contributed by atoms with Gasteiger partial charge >= 0.3 is 0 Å². The summed E-state index contributed by atoms with van der Waals surface area (Å²) in [4.78, 5) is 7.82. The van der Waals surface area contributed by atoms with Crippen LogP contribution >= 0.6 is 11.6 Å². The molecule has 6 heteroatoms. The first-order chi connectivity index (χ1) is 8.57. The van der Waals surface area contributed by atoms with Gasteiger partial charge in [0, 0.05) is 12.6 Å². The van der Waals surface area contributed by atoms with Crippen LogP contribution in [0.1, 0.15) is 38.5 Å². The average molecular weight is 271 g/mol. The third-order valence-electron chi connectivity index (χ3n) is 3.35. The van der Waals surface area contributed by atoms with Gasteiger partial charge in [0.25, 0.3) is 0 Å². The van der Waals surface area contributed by atoms with Gasteiger partial charge in [-0.05, 0) is 12.8 Å². The fourth-order valence-corrected chi connectivity index (χ4v) is 2.53. The van der Waals surface area contributed by atoms with E-state index in [1.807, 2.05) is 0 Å². The summed E-state index contributed by atoms with van der Waals surface area (Å²) in [7, 11) is 0. The monoisotopic (exact) mass is 270 g/mol. The highest BCUT2D eigenvalue weighted by atomic mass is 35.5. The number of nitrogens with one attached hydrogen (secondary N) is 1. The van der Waals surface area contributed by atoms with E-state index >= 15 is 0 Å². The van der Waals surface area contributed by atoms with Crippen molar-refractivity contribution in [1.29, 1.82) is 0 Å². The van der Waals surface area contributed by atoms with E-state index < -0.39 is 5.60 Å². The van der Waals surface area contributed by atoms with Gasteiger partial charge in [-0.25, -0.2) is 4.98 Å². The Morgan fingerprint density at radius 3 is 2.56 bits per heavy atom. The van der Waals surface area contributed by atoms with Gasteiger partial charge in [0.15, 0.2) is 0 Å². The Balaban J connectivity index is 1.97. The zero-order valence-electron chi connectivity index (χ0n) is 10.3. The molecule has 1 aliphatic rings. The van der Waals surface area contributed by atoms with E-state index in [0.29, 0.717) is 17.5 Å². The Hall–Kier alpha value is -1.07. The quantitative estimate of drug-likeness (QED) is 0.579. The molecular weight excluding hydrogens is 252 g/mol. The van der Waals surface area contributed by atoms with Crippen molar-refractivity contribution in [3.8, 4) is 0 Å². The molecule has 4 N–H and O–H groups in total. The Morgan fingerprint density at radius 1 is 1.28 bits per heavy atom. The van der Waals surface area contributed by atoms with Crippen LogP contribution in [0.2, 0.25) is 5.15 Å². The molecule has 0 aliphatic heterocycles. The first-order valence-electron chi connectivity index (χ1n) is 6.34. The van der Waals surface area contributed by atoms with Gasteiger partial charge < -0.3 is 16.2 Å². The fourth-order valence-electron chi connectivity index (χ4n) is 2.34. The van der Waals surface area contributed by atoms with E-state index in [0.717, 1.165) is 25.7 Å². The van der Waals surface area contributed by atoms with Crippen molar-refractivity contribution in [2.75, 3.05) is 17.6 Å². The van der Waals surface area contributed by atoms with Crippen LogP contribution in [0.4, 0.5) is 11.8 Å². The molecule has 0 radical (unpaired) electrons. The number of anilines is 2. The number of hydrogen-bond donors (Lipinski definition) is 3. The zero-order chi connectivity index (χ0) is 13.0. The summed E-state index contributed by atoms with van der Waals surface area (Å²) in [5, 5.41) is 13.9. The molecule has 0 aromatic carbocycles. The van der Waals surface area contributed by atoms with Crippen molar-refractivity contribution in [3.63, 3.8) is 0 Å². The van der Waals surface area contributed by atoms with Crippen LogP contribution in [0.3, 0.4) is 0 Å². The fraction of sp³-hybridized carbons (Fsp3) is 0.667. The lowest BCUT2D eigenvalue weighted by Crippen LogP contribution is -2.36. The van der Waals surface area contributed by atoms with Crippen molar-refractivity contribution in [3.05, 3.63) is 11.2 Å². The maximum atomic E-state index is 10.5. The van der Waals surface area contributed by atoms with E-state index in [4.69, 9.17) is 17.3 Å². The van der Waals surface area contributed by atoms with E-state index in [2.05, 4.69) is 15.3 Å². The second-order valence-corrected chi connectivity index (χ2v) is 5.31. The van der Waals surface area contributed by atoms with Crippen LogP contribution in [0.25, 0.3) is 0 Å². The summed E-state index contributed by atoms with van der Waals surface area (Å²) in [5.74, 6) is 0.697. The summed E-state index contributed by atoms with van der Waals surface area (Å²) in [6.45, 7) is 0.472. The second kappa shape index (κ2) is 5.71. The minimum atomic E-state index is -0.650. The number of nitrogen functional groups attached to an aromatic ring is 1.